The Morgan fingerprint density at radius 1 is 0.867 bits per heavy atom. The summed E-state index contributed by atoms with van der Waals surface area (Å²) in [6, 6.07) is 21.6. The zero-order chi connectivity index (χ0) is 20.9. The van der Waals surface area contributed by atoms with Crippen LogP contribution >= 0.6 is 0 Å². The van der Waals surface area contributed by atoms with Gasteiger partial charge in [-0.25, -0.2) is 0 Å². The van der Waals surface area contributed by atoms with Crippen LogP contribution in [-0.2, 0) is 4.79 Å². The molecule has 3 amide bonds. The third-order valence-corrected chi connectivity index (χ3v) is 5.09. The lowest BCUT2D eigenvalue weighted by atomic mass is 10.0. The lowest BCUT2D eigenvalue weighted by Gasteiger charge is -2.19. The van der Waals surface area contributed by atoms with Gasteiger partial charge in [0.1, 0.15) is 0 Å². The lowest BCUT2D eigenvalue weighted by Crippen LogP contribution is -2.33. The van der Waals surface area contributed by atoms with Gasteiger partial charge < -0.3 is 5.32 Å². The highest BCUT2D eigenvalue weighted by molar-refractivity contribution is 6.21. The van der Waals surface area contributed by atoms with E-state index in [1.54, 1.807) is 30.5 Å². The Morgan fingerprint density at radius 3 is 2.13 bits per heavy atom. The van der Waals surface area contributed by atoms with Gasteiger partial charge in [-0.3, -0.25) is 24.3 Å². The normalized spacial score (nSPS) is 13.8. The maximum Gasteiger partial charge on any atom is 0.261 e. The molecule has 6 nitrogen and oxygen atoms in total. The number of imide groups is 1. The van der Waals surface area contributed by atoms with E-state index in [9.17, 15) is 14.4 Å². The zero-order valence-electron chi connectivity index (χ0n) is 16.3. The third-order valence-electron chi connectivity index (χ3n) is 5.09. The highest BCUT2D eigenvalue weighted by atomic mass is 16.2. The number of aromatic nitrogens is 1. The van der Waals surface area contributed by atoms with Crippen molar-refractivity contribution in [1.82, 2.24) is 15.2 Å². The molecule has 30 heavy (non-hydrogen) atoms. The Labute approximate surface area is 174 Å². The molecule has 1 N–H and O–H groups in total. The molecule has 3 aromatic rings. The van der Waals surface area contributed by atoms with E-state index >= 15 is 0 Å². The van der Waals surface area contributed by atoms with Gasteiger partial charge in [0.15, 0.2) is 0 Å². The van der Waals surface area contributed by atoms with E-state index in [-0.39, 0.29) is 36.7 Å². The largest absolute Gasteiger partial charge is 0.344 e. The second-order valence-corrected chi connectivity index (χ2v) is 7.08. The lowest BCUT2D eigenvalue weighted by molar-refractivity contribution is -0.121. The number of amides is 3. The van der Waals surface area contributed by atoms with Crippen molar-refractivity contribution in [2.24, 2.45) is 0 Å². The fourth-order valence-electron chi connectivity index (χ4n) is 3.59. The van der Waals surface area contributed by atoms with Gasteiger partial charge in [0.2, 0.25) is 5.91 Å². The summed E-state index contributed by atoms with van der Waals surface area (Å²) in [5, 5.41) is 3.02. The average Bonchev–Trinajstić information content (AvgIpc) is 3.04. The van der Waals surface area contributed by atoms with E-state index in [1.807, 2.05) is 48.5 Å². The molecule has 0 fully saturated rings. The van der Waals surface area contributed by atoms with E-state index < -0.39 is 0 Å². The quantitative estimate of drug-likeness (QED) is 0.618. The van der Waals surface area contributed by atoms with Crippen LogP contribution in [0.1, 0.15) is 50.9 Å². The molecule has 0 spiro atoms. The van der Waals surface area contributed by atoms with Gasteiger partial charge in [-0.2, -0.15) is 0 Å². The standard InChI is InChI=1S/C24H21N3O3/c28-21(14-8-16-27-23(29)18-11-4-5-12-19(18)24(27)30)26-22(17-9-2-1-3-10-17)20-13-6-7-15-25-20/h1-7,9-13,15,22H,8,14,16H2,(H,26,28). The molecule has 1 atom stereocenters. The first kappa shape index (κ1) is 19.5. The van der Waals surface area contributed by atoms with Crippen LogP contribution in [0.15, 0.2) is 79.0 Å². The number of nitrogens with zero attached hydrogens (tertiary/aromatic N) is 2. The maximum absolute atomic E-state index is 12.6. The monoisotopic (exact) mass is 399 g/mol. The predicted octanol–water partition coefficient (Wildman–Crippen LogP) is 3.36. The highest BCUT2D eigenvalue weighted by Crippen LogP contribution is 2.23. The van der Waals surface area contributed by atoms with E-state index in [0.29, 0.717) is 17.5 Å². The summed E-state index contributed by atoms with van der Waals surface area (Å²) in [5.41, 5.74) is 2.53. The predicted molar refractivity (Wildman–Crippen MR) is 112 cm³/mol. The Kier molecular flexibility index (Phi) is 5.66. The molecule has 0 aliphatic carbocycles. The first-order valence-electron chi connectivity index (χ1n) is 9.85. The van der Waals surface area contributed by atoms with Gasteiger partial charge in [0.05, 0.1) is 22.9 Å². The van der Waals surface area contributed by atoms with E-state index in [0.717, 1.165) is 11.3 Å². The number of fused-ring (bicyclic) bond motifs is 1. The van der Waals surface area contributed by atoms with Crippen LogP contribution in [0.3, 0.4) is 0 Å². The minimum absolute atomic E-state index is 0.161. The molecule has 2 aromatic carbocycles. The molecule has 1 aliphatic heterocycles. The topological polar surface area (TPSA) is 79.4 Å². The Hall–Kier alpha value is -3.80. The molecule has 0 saturated heterocycles. The van der Waals surface area contributed by atoms with E-state index in [1.165, 1.54) is 4.90 Å². The molecule has 0 bridgehead atoms. The number of nitrogens with one attached hydrogen (secondary N) is 1. The van der Waals surface area contributed by atoms with Crippen LogP contribution in [0, 0.1) is 0 Å². The van der Waals surface area contributed by atoms with Crippen molar-refractivity contribution >= 4 is 17.7 Å². The zero-order valence-corrected chi connectivity index (χ0v) is 16.3. The molecule has 2 heterocycles. The van der Waals surface area contributed by atoms with Gasteiger partial charge in [-0.05, 0) is 36.2 Å². The van der Waals surface area contributed by atoms with Crippen molar-refractivity contribution in [2.45, 2.75) is 18.9 Å². The summed E-state index contributed by atoms with van der Waals surface area (Å²) in [4.78, 5) is 43.1. The number of carbonyl (C=O) groups is 3. The van der Waals surface area contributed by atoms with Crippen molar-refractivity contribution in [3.8, 4) is 0 Å². The summed E-state index contributed by atoms with van der Waals surface area (Å²) < 4.78 is 0. The van der Waals surface area contributed by atoms with Crippen molar-refractivity contribution in [1.29, 1.82) is 0 Å². The van der Waals surface area contributed by atoms with Crippen LogP contribution in [0.2, 0.25) is 0 Å². The Balaban J connectivity index is 1.38. The van der Waals surface area contributed by atoms with Gasteiger partial charge in [0, 0.05) is 19.2 Å². The molecular formula is C24H21N3O3. The van der Waals surface area contributed by atoms with Crippen LogP contribution in [0.5, 0.6) is 0 Å². The summed E-state index contributed by atoms with van der Waals surface area (Å²) in [7, 11) is 0. The number of pyridine rings is 1. The van der Waals surface area contributed by atoms with Crippen molar-refractivity contribution in [3.05, 3.63) is 101 Å². The number of rotatable bonds is 7. The second kappa shape index (κ2) is 8.69. The fraction of sp³-hybridized carbons (Fsp3) is 0.167. The first-order valence-corrected chi connectivity index (χ1v) is 9.85. The molecular weight excluding hydrogens is 378 g/mol. The van der Waals surface area contributed by atoms with Gasteiger partial charge in [-0.1, -0.05) is 48.5 Å². The first-order chi connectivity index (χ1) is 14.6. The van der Waals surface area contributed by atoms with Gasteiger partial charge >= 0.3 is 0 Å². The molecule has 1 aliphatic rings. The minimum Gasteiger partial charge on any atom is -0.344 e. The SMILES string of the molecule is O=C(CCCN1C(=O)c2ccccc2C1=O)NC(c1ccccc1)c1ccccn1. The summed E-state index contributed by atoms with van der Waals surface area (Å²) in [6.45, 7) is 0.208. The Morgan fingerprint density at radius 2 is 1.50 bits per heavy atom. The summed E-state index contributed by atoms with van der Waals surface area (Å²) in [6.07, 6.45) is 2.28. The van der Waals surface area contributed by atoms with E-state index in [4.69, 9.17) is 0 Å². The minimum atomic E-state index is -0.362. The molecule has 0 saturated carbocycles. The summed E-state index contributed by atoms with van der Waals surface area (Å²) >= 11 is 0. The smallest absolute Gasteiger partial charge is 0.261 e. The maximum atomic E-state index is 12.6. The van der Waals surface area contributed by atoms with Crippen LogP contribution < -0.4 is 5.32 Å². The molecule has 1 aromatic heterocycles. The van der Waals surface area contributed by atoms with E-state index in [2.05, 4.69) is 10.3 Å². The molecule has 6 heteroatoms. The highest BCUT2D eigenvalue weighted by Gasteiger charge is 2.34. The number of carbonyl (C=O) groups excluding carboxylic acids is 3. The number of benzene rings is 2. The van der Waals surface area contributed by atoms with Crippen LogP contribution in [-0.4, -0.2) is 34.2 Å². The second-order valence-electron chi connectivity index (χ2n) is 7.08. The summed E-state index contributed by atoms with van der Waals surface area (Å²) in [5.74, 6) is -0.760. The van der Waals surface area contributed by atoms with Crippen LogP contribution in [0.25, 0.3) is 0 Å². The molecule has 4 rings (SSSR count). The number of hydrogen-bond acceptors (Lipinski definition) is 4. The van der Waals surface area contributed by atoms with Gasteiger partial charge in [0.25, 0.3) is 11.8 Å². The molecule has 1 unspecified atom stereocenters. The molecule has 0 radical (unpaired) electrons. The van der Waals surface area contributed by atoms with Crippen LogP contribution in [0.4, 0.5) is 0 Å². The number of hydrogen-bond donors (Lipinski definition) is 1. The fourth-order valence-corrected chi connectivity index (χ4v) is 3.59. The van der Waals surface area contributed by atoms with Crippen molar-refractivity contribution < 1.29 is 14.4 Å². The van der Waals surface area contributed by atoms with Crippen molar-refractivity contribution in [2.75, 3.05) is 6.54 Å². The average molecular weight is 399 g/mol. The van der Waals surface area contributed by atoms with Gasteiger partial charge in [-0.15, -0.1) is 0 Å². The van der Waals surface area contributed by atoms with Crippen molar-refractivity contribution in [3.63, 3.8) is 0 Å². The third kappa shape index (κ3) is 3.98. The Bertz CT molecular complexity index is 993. The molecule has 150 valence electrons.